The molecule has 0 spiro atoms. The molecule has 0 bridgehead atoms. The molecule has 0 saturated carbocycles. The van der Waals surface area contributed by atoms with Crippen LogP contribution in [0.15, 0.2) is 48.5 Å². The third-order valence-corrected chi connectivity index (χ3v) is 3.03. The van der Waals surface area contributed by atoms with Crippen molar-refractivity contribution < 1.29 is 23.0 Å². The van der Waals surface area contributed by atoms with Gasteiger partial charge in [-0.15, -0.1) is 0 Å². The maximum Gasteiger partial charge on any atom is 0.387 e. The third kappa shape index (κ3) is 4.68. The Kier molecular flexibility index (Phi) is 5.68. The van der Waals surface area contributed by atoms with Crippen LogP contribution in [-0.4, -0.2) is 18.6 Å². The van der Waals surface area contributed by atoms with Gasteiger partial charge in [-0.1, -0.05) is 12.1 Å². The maximum absolute atomic E-state index is 12.4. The van der Waals surface area contributed by atoms with Crippen molar-refractivity contribution in [3.05, 3.63) is 54.1 Å². The predicted molar refractivity (Wildman–Crippen MR) is 83.0 cm³/mol. The minimum atomic E-state index is -2.99. The lowest BCUT2D eigenvalue weighted by molar-refractivity contribution is -0.122. The molecule has 1 N–H and O–H groups in total. The highest BCUT2D eigenvalue weighted by molar-refractivity contribution is 5.95. The van der Waals surface area contributed by atoms with Gasteiger partial charge in [0.15, 0.2) is 6.10 Å². The number of hydrogen-bond acceptors (Lipinski definition) is 4. The summed E-state index contributed by atoms with van der Waals surface area (Å²) < 4.78 is 34.5. The van der Waals surface area contributed by atoms with Crippen LogP contribution in [-0.2, 0) is 4.79 Å². The van der Waals surface area contributed by atoms with Crippen molar-refractivity contribution in [1.82, 2.24) is 0 Å². The topological polar surface area (TPSA) is 71.3 Å². The fourth-order valence-electron chi connectivity index (χ4n) is 1.87. The van der Waals surface area contributed by atoms with Gasteiger partial charge in [-0.2, -0.15) is 14.0 Å². The summed E-state index contributed by atoms with van der Waals surface area (Å²) in [4.78, 5) is 12.1. The molecule has 5 nitrogen and oxygen atoms in total. The number of halogens is 2. The molecular formula is C17H14F2N2O3. The molecule has 0 fully saturated rings. The highest BCUT2D eigenvalue weighted by Crippen LogP contribution is 2.25. The number of ether oxygens (including phenoxy) is 2. The average molecular weight is 332 g/mol. The van der Waals surface area contributed by atoms with Crippen LogP contribution in [0.25, 0.3) is 0 Å². The van der Waals surface area contributed by atoms with Crippen molar-refractivity contribution in [2.45, 2.75) is 19.6 Å². The van der Waals surface area contributed by atoms with E-state index in [4.69, 9.17) is 10.00 Å². The summed E-state index contributed by atoms with van der Waals surface area (Å²) >= 11 is 0. The van der Waals surface area contributed by atoms with Crippen LogP contribution in [0, 0.1) is 11.3 Å². The normalized spacial score (nSPS) is 11.5. The number of alkyl halides is 2. The van der Waals surface area contributed by atoms with Crippen LogP contribution < -0.4 is 14.8 Å². The smallest absolute Gasteiger partial charge is 0.387 e. The first kappa shape index (κ1) is 17.2. The zero-order valence-corrected chi connectivity index (χ0v) is 12.7. The molecule has 0 aliphatic carbocycles. The molecule has 1 amide bonds. The number of anilines is 1. The molecule has 7 heteroatoms. The Morgan fingerprint density at radius 1 is 1.12 bits per heavy atom. The van der Waals surface area contributed by atoms with Crippen LogP contribution in [0.1, 0.15) is 12.5 Å². The first-order chi connectivity index (χ1) is 11.5. The molecule has 0 aliphatic heterocycles. The second-order valence-electron chi connectivity index (χ2n) is 4.76. The fraction of sp³-hybridized carbons (Fsp3) is 0.176. The van der Waals surface area contributed by atoms with Crippen molar-refractivity contribution in [2.75, 3.05) is 5.32 Å². The van der Waals surface area contributed by atoms with E-state index >= 15 is 0 Å². The molecule has 2 rings (SSSR count). The molecule has 0 aliphatic rings. The molecule has 124 valence electrons. The second kappa shape index (κ2) is 7.92. The van der Waals surface area contributed by atoms with Gasteiger partial charge >= 0.3 is 6.61 Å². The summed E-state index contributed by atoms with van der Waals surface area (Å²) in [6.07, 6.45) is -0.877. The van der Waals surface area contributed by atoms with E-state index in [1.807, 2.05) is 6.07 Å². The van der Waals surface area contributed by atoms with Gasteiger partial charge in [0, 0.05) is 0 Å². The van der Waals surface area contributed by atoms with Gasteiger partial charge in [-0.3, -0.25) is 4.79 Å². The van der Waals surface area contributed by atoms with Crippen molar-refractivity contribution in [2.24, 2.45) is 0 Å². The fourth-order valence-corrected chi connectivity index (χ4v) is 1.87. The van der Waals surface area contributed by atoms with Crippen molar-refractivity contribution in [3.8, 4) is 17.6 Å². The largest absolute Gasteiger partial charge is 0.481 e. The number of nitrogens with one attached hydrogen (secondary N) is 1. The Morgan fingerprint density at radius 3 is 2.42 bits per heavy atom. The summed E-state index contributed by atoms with van der Waals surface area (Å²) in [5.74, 6) is -0.245. The molecule has 24 heavy (non-hydrogen) atoms. The van der Waals surface area contributed by atoms with Gasteiger partial charge in [-0.05, 0) is 43.3 Å². The maximum atomic E-state index is 12.4. The van der Waals surface area contributed by atoms with Gasteiger partial charge in [0.05, 0.1) is 17.3 Å². The lowest BCUT2D eigenvalue weighted by atomic mass is 10.2. The Hall–Kier alpha value is -3.14. The van der Waals surface area contributed by atoms with Gasteiger partial charge in [0.2, 0.25) is 0 Å². The third-order valence-electron chi connectivity index (χ3n) is 3.03. The lowest BCUT2D eigenvalue weighted by Gasteiger charge is -2.16. The summed E-state index contributed by atoms with van der Waals surface area (Å²) in [6.45, 7) is -1.47. The van der Waals surface area contributed by atoms with Gasteiger partial charge < -0.3 is 14.8 Å². The summed E-state index contributed by atoms with van der Waals surface area (Å²) in [5.41, 5.74) is 0.593. The molecule has 0 heterocycles. The Morgan fingerprint density at radius 2 is 1.79 bits per heavy atom. The van der Waals surface area contributed by atoms with Gasteiger partial charge in [-0.25, -0.2) is 0 Å². The summed E-state index contributed by atoms with van der Waals surface area (Å²) in [6, 6.07) is 14.1. The van der Waals surface area contributed by atoms with E-state index in [-0.39, 0.29) is 11.4 Å². The van der Waals surface area contributed by atoms with Crippen LogP contribution in [0.2, 0.25) is 0 Å². The summed E-state index contributed by atoms with van der Waals surface area (Å²) in [5, 5.41) is 11.2. The van der Waals surface area contributed by atoms with E-state index in [1.54, 1.807) is 30.3 Å². The van der Waals surface area contributed by atoms with Gasteiger partial charge in [0.1, 0.15) is 11.5 Å². The Bertz CT molecular complexity index is 742. The van der Waals surface area contributed by atoms with Crippen molar-refractivity contribution in [3.63, 3.8) is 0 Å². The average Bonchev–Trinajstić information content (AvgIpc) is 2.56. The van der Waals surface area contributed by atoms with Crippen LogP contribution in [0.5, 0.6) is 11.5 Å². The quantitative estimate of drug-likeness (QED) is 0.878. The number of carbonyl (C=O) groups excluding carboxylic acids is 1. The predicted octanol–water partition coefficient (Wildman–Crippen LogP) is 3.57. The molecule has 0 saturated heterocycles. The lowest BCUT2D eigenvalue weighted by Crippen LogP contribution is -2.30. The molecule has 1 atom stereocenters. The van der Waals surface area contributed by atoms with Crippen LogP contribution >= 0.6 is 0 Å². The van der Waals surface area contributed by atoms with E-state index in [9.17, 15) is 13.6 Å². The number of amides is 1. The van der Waals surface area contributed by atoms with E-state index in [0.29, 0.717) is 11.3 Å². The molecule has 2 aromatic rings. The standard InChI is InChI=1S/C17H14F2N2O3/c1-11(23-13-8-6-12(10-20)7-9-13)16(22)21-14-4-2-3-5-15(14)24-17(18)19/h2-9,11,17H,1H3,(H,21,22). The summed E-state index contributed by atoms with van der Waals surface area (Å²) in [7, 11) is 0. The number of benzene rings is 2. The number of rotatable bonds is 6. The monoisotopic (exact) mass is 332 g/mol. The molecule has 0 aromatic heterocycles. The first-order valence-corrected chi connectivity index (χ1v) is 7.01. The number of nitriles is 1. The highest BCUT2D eigenvalue weighted by Gasteiger charge is 2.17. The van der Waals surface area contributed by atoms with Gasteiger partial charge in [0.25, 0.3) is 5.91 Å². The van der Waals surface area contributed by atoms with Crippen LogP contribution in [0.3, 0.4) is 0 Å². The second-order valence-corrected chi connectivity index (χ2v) is 4.76. The number of nitrogens with zero attached hydrogens (tertiary/aromatic N) is 1. The van der Waals surface area contributed by atoms with E-state index in [1.165, 1.54) is 25.1 Å². The van der Waals surface area contributed by atoms with E-state index in [2.05, 4.69) is 10.1 Å². The van der Waals surface area contributed by atoms with E-state index in [0.717, 1.165) is 0 Å². The van der Waals surface area contributed by atoms with E-state index < -0.39 is 18.6 Å². The zero-order valence-electron chi connectivity index (χ0n) is 12.7. The molecular weight excluding hydrogens is 318 g/mol. The molecule has 1 unspecified atom stereocenters. The molecule has 2 aromatic carbocycles. The SMILES string of the molecule is CC(Oc1ccc(C#N)cc1)C(=O)Nc1ccccc1OC(F)F. The minimum absolute atomic E-state index is 0.123. The zero-order chi connectivity index (χ0) is 17.5. The Balaban J connectivity index is 2.02. The number of para-hydroxylation sites is 2. The van der Waals surface area contributed by atoms with Crippen molar-refractivity contribution >= 4 is 11.6 Å². The number of hydrogen-bond donors (Lipinski definition) is 1. The molecule has 0 radical (unpaired) electrons. The van der Waals surface area contributed by atoms with Crippen molar-refractivity contribution in [1.29, 1.82) is 5.26 Å². The van der Waals surface area contributed by atoms with Crippen LogP contribution in [0.4, 0.5) is 14.5 Å². The first-order valence-electron chi connectivity index (χ1n) is 7.01. The highest BCUT2D eigenvalue weighted by atomic mass is 19.3. The number of carbonyl (C=O) groups is 1. The Labute approximate surface area is 137 Å². The minimum Gasteiger partial charge on any atom is -0.481 e.